The molecule has 2 aromatic heterocycles. The highest BCUT2D eigenvalue weighted by atomic mass is 35.5. The summed E-state index contributed by atoms with van der Waals surface area (Å²) in [6.45, 7) is 1.17. The Hall–Kier alpha value is -3.52. The van der Waals surface area contributed by atoms with Gasteiger partial charge in [-0.1, -0.05) is 17.7 Å². The quantitative estimate of drug-likeness (QED) is 0.471. The molecule has 0 saturated heterocycles. The van der Waals surface area contributed by atoms with Gasteiger partial charge in [0.1, 0.15) is 24.0 Å². The van der Waals surface area contributed by atoms with Gasteiger partial charge >= 0.3 is 6.09 Å². The van der Waals surface area contributed by atoms with Crippen molar-refractivity contribution in [2.24, 2.45) is 7.05 Å². The van der Waals surface area contributed by atoms with Gasteiger partial charge in [-0.05, 0) is 42.3 Å². The number of nitrogens with one attached hydrogen (secondary N) is 1. The second-order valence-corrected chi connectivity index (χ2v) is 8.13. The molecule has 0 spiro atoms. The second-order valence-electron chi connectivity index (χ2n) is 7.69. The molecular formula is C23H22ClN5O3. The van der Waals surface area contributed by atoms with Crippen molar-refractivity contribution in [3.63, 3.8) is 0 Å². The Morgan fingerprint density at radius 2 is 2.09 bits per heavy atom. The molecule has 8 nitrogen and oxygen atoms in total. The molecule has 0 unspecified atom stereocenters. The number of aryl methyl sites for hydroxylation is 3. The highest BCUT2D eigenvalue weighted by Crippen LogP contribution is 2.32. The van der Waals surface area contributed by atoms with E-state index in [9.17, 15) is 4.79 Å². The standard InChI is InChI=1S/C23H22ClN5O3/c1-28-22(12-17(27-28)16-7-6-15(24)11-20(16)31-2)26-23(30)32-13-14-5-8-19-18(10-14)25-21-4-3-9-29(19)21/h5-8,10-12H,3-4,9,13H2,1-2H3,(H,26,30). The van der Waals surface area contributed by atoms with E-state index in [-0.39, 0.29) is 6.61 Å². The normalized spacial score (nSPS) is 12.7. The number of methoxy groups -OCH3 is 1. The van der Waals surface area contributed by atoms with Gasteiger partial charge < -0.3 is 14.0 Å². The van der Waals surface area contributed by atoms with Crippen LogP contribution in [0.5, 0.6) is 5.75 Å². The lowest BCUT2D eigenvalue weighted by Crippen LogP contribution is -2.15. The van der Waals surface area contributed by atoms with E-state index in [1.54, 1.807) is 37.0 Å². The fourth-order valence-electron chi connectivity index (χ4n) is 4.03. The average molecular weight is 452 g/mol. The fraction of sp³-hybridized carbons (Fsp3) is 0.261. The van der Waals surface area contributed by atoms with E-state index < -0.39 is 6.09 Å². The van der Waals surface area contributed by atoms with Crippen molar-refractivity contribution in [2.75, 3.05) is 12.4 Å². The number of imidazole rings is 1. The van der Waals surface area contributed by atoms with Crippen molar-refractivity contribution >= 4 is 34.5 Å². The number of carbonyl (C=O) groups is 1. The number of aromatic nitrogens is 4. The highest BCUT2D eigenvalue weighted by molar-refractivity contribution is 6.30. The van der Waals surface area contributed by atoms with E-state index in [1.165, 1.54) is 0 Å². The summed E-state index contributed by atoms with van der Waals surface area (Å²) < 4.78 is 14.6. The molecule has 1 amide bonds. The van der Waals surface area contributed by atoms with Gasteiger partial charge in [0.2, 0.25) is 0 Å². The minimum absolute atomic E-state index is 0.152. The van der Waals surface area contributed by atoms with Gasteiger partial charge in [0.05, 0.1) is 23.8 Å². The zero-order valence-corrected chi connectivity index (χ0v) is 18.5. The van der Waals surface area contributed by atoms with E-state index in [0.717, 1.165) is 47.4 Å². The predicted molar refractivity (Wildman–Crippen MR) is 122 cm³/mol. The third kappa shape index (κ3) is 3.78. The van der Waals surface area contributed by atoms with Gasteiger partial charge in [-0.2, -0.15) is 5.10 Å². The first kappa shape index (κ1) is 20.4. The Labute approximate surface area is 189 Å². The van der Waals surface area contributed by atoms with E-state index in [1.807, 2.05) is 24.3 Å². The molecule has 0 fully saturated rings. The molecule has 0 bridgehead atoms. The topological polar surface area (TPSA) is 83.2 Å². The molecule has 3 heterocycles. The number of hydrogen-bond donors (Lipinski definition) is 1. The minimum Gasteiger partial charge on any atom is -0.496 e. The highest BCUT2D eigenvalue weighted by Gasteiger charge is 2.17. The van der Waals surface area contributed by atoms with Crippen LogP contribution < -0.4 is 10.1 Å². The SMILES string of the molecule is COc1cc(Cl)ccc1-c1cc(NC(=O)OCc2ccc3c(c2)nc2n3CCC2)n(C)n1. The zero-order valence-electron chi connectivity index (χ0n) is 17.8. The lowest BCUT2D eigenvalue weighted by molar-refractivity contribution is 0.155. The summed E-state index contributed by atoms with van der Waals surface area (Å²) in [6, 6.07) is 13.1. The van der Waals surface area contributed by atoms with Gasteiger partial charge in [-0.15, -0.1) is 0 Å². The Balaban J connectivity index is 1.26. The summed E-state index contributed by atoms with van der Waals surface area (Å²) in [5, 5.41) is 7.77. The summed E-state index contributed by atoms with van der Waals surface area (Å²) >= 11 is 6.04. The molecule has 32 heavy (non-hydrogen) atoms. The maximum Gasteiger partial charge on any atom is 0.413 e. The van der Waals surface area contributed by atoms with Crippen LogP contribution in [0, 0.1) is 0 Å². The van der Waals surface area contributed by atoms with Crippen LogP contribution in [0.2, 0.25) is 5.02 Å². The number of hydrogen-bond acceptors (Lipinski definition) is 5. The van der Waals surface area contributed by atoms with Gasteiger partial charge in [-0.3, -0.25) is 10.00 Å². The average Bonchev–Trinajstić information content (AvgIpc) is 3.47. The molecule has 5 rings (SSSR count). The Kier molecular flexibility index (Phi) is 5.22. The lowest BCUT2D eigenvalue weighted by Gasteiger charge is -2.07. The van der Waals surface area contributed by atoms with Crippen molar-refractivity contribution < 1.29 is 14.3 Å². The van der Waals surface area contributed by atoms with Crippen molar-refractivity contribution in [3.05, 3.63) is 58.9 Å². The monoisotopic (exact) mass is 451 g/mol. The molecule has 0 saturated carbocycles. The molecule has 164 valence electrons. The maximum absolute atomic E-state index is 12.4. The summed E-state index contributed by atoms with van der Waals surface area (Å²) in [7, 11) is 3.32. The van der Waals surface area contributed by atoms with E-state index in [2.05, 4.69) is 20.0 Å². The predicted octanol–water partition coefficient (Wildman–Crippen LogP) is 4.79. The van der Waals surface area contributed by atoms with Crippen molar-refractivity contribution in [1.82, 2.24) is 19.3 Å². The molecule has 4 aromatic rings. The summed E-state index contributed by atoms with van der Waals surface area (Å²) in [5.74, 6) is 2.23. The number of carbonyl (C=O) groups excluding carboxylic acids is 1. The maximum atomic E-state index is 12.4. The lowest BCUT2D eigenvalue weighted by atomic mass is 10.1. The minimum atomic E-state index is -0.560. The van der Waals surface area contributed by atoms with Gasteiger partial charge in [0, 0.05) is 36.7 Å². The Morgan fingerprint density at radius 3 is 2.94 bits per heavy atom. The molecule has 1 aliphatic rings. The smallest absolute Gasteiger partial charge is 0.413 e. The summed E-state index contributed by atoms with van der Waals surface area (Å²) in [5.41, 5.74) is 4.38. The Bertz CT molecular complexity index is 1330. The number of nitrogens with zero attached hydrogens (tertiary/aromatic N) is 4. The van der Waals surface area contributed by atoms with Crippen LogP contribution in [0.15, 0.2) is 42.5 Å². The van der Waals surface area contributed by atoms with Gasteiger partial charge in [-0.25, -0.2) is 9.78 Å². The summed E-state index contributed by atoms with van der Waals surface area (Å²) in [4.78, 5) is 17.1. The fourth-order valence-corrected chi connectivity index (χ4v) is 4.19. The number of anilines is 1. The van der Waals surface area contributed by atoms with Crippen LogP contribution in [0.1, 0.15) is 17.8 Å². The van der Waals surface area contributed by atoms with Crippen molar-refractivity contribution in [3.8, 4) is 17.0 Å². The van der Waals surface area contributed by atoms with E-state index >= 15 is 0 Å². The number of rotatable bonds is 5. The molecule has 0 atom stereocenters. The number of ether oxygens (including phenoxy) is 2. The van der Waals surface area contributed by atoms with Crippen molar-refractivity contribution in [2.45, 2.75) is 26.0 Å². The van der Waals surface area contributed by atoms with Crippen LogP contribution in [0.3, 0.4) is 0 Å². The first-order valence-electron chi connectivity index (χ1n) is 10.3. The van der Waals surface area contributed by atoms with E-state index in [0.29, 0.717) is 22.3 Å². The number of halogens is 1. The molecule has 0 radical (unpaired) electrons. The van der Waals surface area contributed by atoms with Gasteiger partial charge in [0.25, 0.3) is 0 Å². The molecule has 9 heteroatoms. The van der Waals surface area contributed by atoms with E-state index in [4.69, 9.17) is 21.1 Å². The first-order chi connectivity index (χ1) is 15.5. The molecule has 2 aromatic carbocycles. The number of benzene rings is 2. The van der Waals surface area contributed by atoms with Crippen LogP contribution in [-0.2, 0) is 31.4 Å². The zero-order chi connectivity index (χ0) is 22.2. The third-order valence-electron chi connectivity index (χ3n) is 5.59. The molecular weight excluding hydrogens is 430 g/mol. The van der Waals surface area contributed by atoms with Gasteiger partial charge in [0.15, 0.2) is 0 Å². The van der Waals surface area contributed by atoms with Crippen LogP contribution >= 0.6 is 11.6 Å². The second kappa shape index (κ2) is 8.20. The number of amides is 1. The van der Waals surface area contributed by atoms with Crippen LogP contribution in [-0.4, -0.2) is 32.5 Å². The van der Waals surface area contributed by atoms with Crippen molar-refractivity contribution in [1.29, 1.82) is 0 Å². The molecule has 1 N–H and O–H groups in total. The number of fused-ring (bicyclic) bond motifs is 3. The Morgan fingerprint density at radius 1 is 1.22 bits per heavy atom. The molecule has 0 aliphatic carbocycles. The molecule has 1 aliphatic heterocycles. The largest absolute Gasteiger partial charge is 0.496 e. The van der Waals surface area contributed by atoms with Crippen LogP contribution in [0.4, 0.5) is 10.6 Å². The first-order valence-corrected chi connectivity index (χ1v) is 10.7. The third-order valence-corrected chi connectivity index (χ3v) is 5.83. The van der Waals surface area contributed by atoms with Crippen LogP contribution in [0.25, 0.3) is 22.3 Å². The summed E-state index contributed by atoms with van der Waals surface area (Å²) in [6.07, 6.45) is 1.59.